The fourth-order valence-corrected chi connectivity index (χ4v) is 6.30. The molecule has 8 heteroatoms. The first-order chi connectivity index (χ1) is 20.9. The summed E-state index contributed by atoms with van der Waals surface area (Å²) < 4.78 is 9.80. The lowest BCUT2D eigenvalue weighted by Crippen LogP contribution is -2.15. The molecule has 0 radical (unpaired) electrons. The van der Waals surface area contributed by atoms with Gasteiger partial charge in [0.1, 0.15) is 0 Å². The smallest absolute Gasteiger partial charge is 0.305 e. The van der Waals surface area contributed by atoms with E-state index in [2.05, 4.69) is 75.8 Å². The van der Waals surface area contributed by atoms with E-state index < -0.39 is 0 Å². The van der Waals surface area contributed by atoms with Crippen molar-refractivity contribution in [3.05, 3.63) is 69.3 Å². The number of methoxy groups -OCH3 is 2. The van der Waals surface area contributed by atoms with Gasteiger partial charge in [-0.15, -0.1) is 0 Å². The molecule has 3 aromatic rings. The predicted octanol–water partition coefficient (Wildman–Crippen LogP) is 7.39. The van der Waals surface area contributed by atoms with E-state index in [-0.39, 0.29) is 17.4 Å². The van der Waals surface area contributed by atoms with Gasteiger partial charge in [-0.25, -0.2) is 4.98 Å². The van der Waals surface area contributed by atoms with E-state index in [1.165, 1.54) is 19.8 Å². The third kappa shape index (κ3) is 6.21. The number of nitrogens with zero attached hydrogens (tertiary/aromatic N) is 2. The standard InChI is InChI=1S/C36H44N4O4/c1-20-21(2)28-16-29-22(3)25(11-9-13-34(41)43-7)31(39-29)17-32-26(12-10-14-35(42)44-8)23(4)30(40-32)18-33-36(5,6)19-24(37-33)15-27(20)38-28/h15-18,39-40H,9-14,19H2,1-8H3. The Labute approximate surface area is 259 Å². The molecule has 5 heterocycles. The van der Waals surface area contributed by atoms with Crippen LogP contribution in [0.25, 0.3) is 33.2 Å². The first kappa shape index (κ1) is 31.2. The van der Waals surface area contributed by atoms with Gasteiger partial charge in [-0.05, 0) is 111 Å². The van der Waals surface area contributed by atoms with E-state index in [4.69, 9.17) is 19.4 Å². The van der Waals surface area contributed by atoms with E-state index in [9.17, 15) is 9.59 Å². The number of esters is 2. The monoisotopic (exact) mass is 596 g/mol. The summed E-state index contributed by atoms with van der Waals surface area (Å²) in [5.41, 5.74) is 14.8. The summed E-state index contributed by atoms with van der Waals surface area (Å²) in [6.45, 7) is 13.0. The maximum Gasteiger partial charge on any atom is 0.305 e. The molecule has 2 aliphatic rings. The number of ether oxygens (including phenoxy) is 2. The van der Waals surface area contributed by atoms with E-state index in [1.807, 2.05) is 0 Å². The minimum atomic E-state index is -0.206. The van der Waals surface area contributed by atoms with Crippen molar-refractivity contribution in [3.8, 4) is 0 Å². The lowest BCUT2D eigenvalue weighted by atomic mass is 9.86. The van der Waals surface area contributed by atoms with Gasteiger partial charge in [-0.2, -0.15) is 0 Å². The Morgan fingerprint density at radius 2 is 1.23 bits per heavy atom. The van der Waals surface area contributed by atoms with Crippen molar-refractivity contribution in [2.75, 3.05) is 14.2 Å². The molecular weight excluding hydrogens is 552 g/mol. The highest BCUT2D eigenvalue weighted by Gasteiger charge is 2.29. The molecule has 0 fully saturated rings. The zero-order chi connectivity index (χ0) is 31.8. The number of nitrogens with one attached hydrogen (secondary N) is 2. The normalized spacial score (nSPS) is 14.2. The van der Waals surface area contributed by atoms with Crippen LogP contribution in [0.4, 0.5) is 0 Å². The number of fused-ring (bicyclic) bond motifs is 8. The highest BCUT2D eigenvalue weighted by atomic mass is 16.5. The molecule has 2 N–H and O–H groups in total. The summed E-state index contributed by atoms with van der Waals surface area (Å²) in [6, 6.07) is 8.63. The fourth-order valence-electron chi connectivity index (χ4n) is 6.30. The van der Waals surface area contributed by atoms with Gasteiger partial charge in [0, 0.05) is 58.1 Å². The second-order valence-electron chi connectivity index (χ2n) is 12.7. The lowest BCUT2D eigenvalue weighted by Gasteiger charge is -2.15. The maximum absolute atomic E-state index is 11.9. The summed E-state index contributed by atoms with van der Waals surface area (Å²) in [4.78, 5) is 41.4. The van der Waals surface area contributed by atoms with Gasteiger partial charge in [0.25, 0.3) is 0 Å². The van der Waals surface area contributed by atoms with E-state index in [1.54, 1.807) is 0 Å². The quantitative estimate of drug-likeness (QED) is 0.262. The summed E-state index contributed by atoms with van der Waals surface area (Å²) in [5, 5.41) is 0. The van der Waals surface area contributed by atoms with Crippen molar-refractivity contribution in [2.24, 2.45) is 0 Å². The second-order valence-corrected chi connectivity index (χ2v) is 12.7. The van der Waals surface area contributed by atoms with Crippen molar-refractivity contribution in [1.29, 1.82) is 0 Å². The van der Waals surface area contributed by atoms with E-state index in [0.717, 1.165) is 91.9 Å². The summed E-state index contributed by atoms with van der Waals surface area (Å²) in [6.07, 6.45) is 4.37. The van der Waals surface area contributed by atoms with Crippen LogP contribution in [0.5, 0.6) is 0 Å². The van der Waals surface area contributed by atoms with Crippen molar-refractivity contribution in [2.45, 2.75) is 91.9 Å². The number of hydrogen-bond acceptors (Lipinski definition) is 6. The highest BCUT2D eigenvalue weighted by Crippen LogP contribution is 2.35. The molecular formula is C36H44N4O4. The molecule has 8 bridgehead atoms. The average Bonchev–Trinajstić information content (AvgIpc) is 3.63. The third-order valence-electron chi connectivity index (χ3n) is 9.28. The summed E-state index contributed by atoms with van der Waals surface area (Å²) >= 11 is 0. The van der Waals surface area contributed by atoms with Crippen LogP contribution in [0, 0.1) is 13.8 Å². The molecule has 0 saturated carbocycles. The van der Waals surface area contributed by atoms with Gasteiger partial charge in [0.15, 0.2) is 0 Å². The zero-order valence-corrected chi connectivity index (χ0v) is 27.3. The third-order valence-corrected chi connectivity index (χ3v) is 9.28. The Hall–Kier alpha value is -4.20. The number of aryl methyl sites for hydroxylation is 4. The van der Waals surface area contributed by atoms with Crippen molar-refractivity contribution >= 4 is 45.2 Å². The first-order valence-electron chi connectivity index (χ1n) is 15.5. The Kier molecular flexibility index (Phi) is 8.82. The summed E-state index contributed by atoms with van der Waals surface area (Å²) in [7, 11) is 2.86. The second kappa shape index (κ2) is 12.4. The van der Waals surface area contributed by atoms with Gasteiger partial charge >= 0.3 is 11.9 Å². The molecule has 0 saturated heterocycles. The maximum atomic E-state index is 11.9. The molecule has 0 aromatic carbocycles. The Morgan fingerprint density at radius 1 is 0.727 bits per heavy atom. The number of H-pyrrole nitrogens is 2. The van der Waals surface area contributed by atoms with Gasteiger partial charge in [0.05, 0.1) is 25.6 Å². The van der Waals surface area contributed by atoms with Gasteiger partial charge in [-0.1, -0.05) is 13.8 Å². The molecule has 8 nitrogen and oxygen atoms in total. The number of aromatic amines is 2. The fraction of sp³-hybridized carbons (Fsp3) is 0.444. The van der Waals surface area contributed by atoms with Crippen LogP contribution < -0.4 is 0 Å². The van der Waals surface area contributed by atoms with Crippen molar-refractivity contribution in [3.63, 3.8) is 0 Å². The van der Waals surface area contributed by atoms with Crippen LogP contribution >= 0.6 is 0 Å². The SMILES string of the molecule is COC(=O)CCCc1c(C)c2cc3nc(cc4nc(cc5[nH]c(cc1[nH]2)c(CCCC(=O)OC)c5C)C(C)(C)C4)C(C)=C3C. The van der Waals surface area contributed by atoms with E-state index >= 15 is 0 Å². The van der Waals surface area contributed by atoms with Gasteiger partial charge in [0.2, 0.25) is 0 Å². The molecule has 3 aromatic heterocycles. The Bertz CT molecular complexity index is 1820. The Balaban J connectivity index is 1.81. The van der Waals surface area contributed by atoms with Crippen LogP contribution in [0.1, 0.15) is 98.4 Å². The van der Waals surface area contributed by atoms with Crippen LogP contribution in [-0.4, -0.2) is 46.1 Å². The molecule has 44 heavy (non-hydrogen) atoms. The lowest BCUT2D eigenvalue weighted by molar-refractivity contribution is -0.141. The first-order valence-corrected chi connectivity index (χ1v) is 15.5. The van der Waals surface area contributed by atoms with Crippen LogP contribution in [0.15, 0.2) is 24.3 Å². The zero-order valence-electron chi connectivity index (χ0n) is 27.3. The van der Waals surface area contributed by atoms with Crippen molar-refractivity contribution in [1.82, 2.24) is 19.9 Å². The number of carbonyl (C=O) groups excluding carboxylic acids is 2. The minimum Gasteiger partial charge on any atom is -0.469 e. The van der Waals surface area contributed by atoms with Gasteiger partial charge in [-0.3, -0.25) is 14.6 Å². The number of carbonyl (C=O) groups is 2. The largest absolute Gasteiger partial charge is 0.469 e. The van der Waals surface area contributed by atoms with Crippen molar-refractivity contribution < 1.29 is 19.1 Å². The van der Waals surface area contributed by atoms with Gasteiger partial charge < -0.3 is 19.4 Å². The molecule has 0 unspecified atom stereocenters. The summed E-state index contributed by atoms with van der Waals surface area (Å²) in [5.74, 6) is -0.409. The molecule has 2 aliphatic heterocycles. The van der Waals surface area contributed by atoms with Crippen LogP contribution in [0.3, 0.4) is 0 Å². The van der Waals surface area contributed by atoms with Crippen LogP contribution in [0.2, 0.25) is 0 Å². The van der Waals surface area contributed by atoms with Crippen LogP contribution in [-0.2, 0) is 43.7 Å². The number of allylic oxidation sites excluding steroid dienone is 2. The molecule has 0 spiro atoms. The molecule has 0 amide bonds. The molecule has 5 rings (SSSR count). The minimum absolute atomic E-state index is 0.130. The van der Waals surface area contributed by atoms with E-state index in [0.29, 0.717) is 25.7 Å². The predicted molar refractivity (Wildman–Crippen MR) is 175 cm³/mol. The Morgan fingerprint density at radius 3 is 1.75 bits per heavy atom. The number of hydrogen-bond donors (Lipinski definition) is 2. The number of rotatable bonds is 8. The average molecular weight is 597 g/mol. The highest BCUT2D eigenvalue weighted by molar-refractivity contribution is 5.91. The molecule has 0 aliphatic carbocycles. The topological polar surface area (TPSA) is 110 Å². The molecule has 0 atom stereocenters. The number of aromatic nitrogens is 4. The molecule has 232 valence electrons.